The van der Waals surface area contributed by atoms with Crippen molar-refractivity contribution < 1.29 is 9.90 Å². The van der Waals surface area contributed by atoms with Crippen LogP contribution in [0.3, 0.4) is 0 Å². The van der Waals surface area contributed by atoms with Gasteiger partial charge in [0.15, 0.2) is 0 Å². The molecule has 2 N–H and O–H groups in total. The van der Waals surface area contributed by atoms with Gasteiger partial charge in [-0.15, -0.1) is 0 Å². The predicted molar refractivity (Wildman–Crippen MR) is 84.5 cm³/mol. The number of rotatable bonds is 7. The van der Waals surface area contributed by atoms with Gasteiger partial charge in [-0.1, -0.05) is 60.2 Å². The molecule has 0 aliphatic carbocycles. The molecule has 2 aromatic rings. The van der Waals surface area contributed by atoms with Gasteiger partial charge < -0.3 is 10.4 Å². The lowest BCUT2D eigenvalue weighted by Crippen LogP contribution is -2.39. The number of nitrogens with one attached hydrogen (secondary N) is 1. The van der Waals surface area contributed by atoms with Crippen LogP contribution in [0.2, 0.25) is 0 Å². The summed E-state index contributed by atoms with van der Waals surface area (Å²) >= 11 is 0. The molecule has 1 atom stereocenters. The molecule has 2 aromatic carbocycles. The normalized spacial score (nSPS) is 12.0. The van der Waals surface area contributed by atoms with Crippen LogP contribution in [0.15, 0.2) is 54.6 Å². The molecule has 0 amide bonds. The second-order valence-corrected chi connectivity index (χ2v) is 5.27. The maximum Gasteiger partial charge on any atom is 0.321 e. The average molecular weight is 283 g/mol. The Morgan fingerprint density at radius 1 is 1.10 bits per heavy atom. The van der Waals surface area contributed by atoms with Crippen LogP contribution < -0.4 is 5.32 Å². The van der Waals surface area contributed by atoms with E-state index in [4.69, 9.17) is 0 Å². The van der Waals surface area contributed by atoms with Crippen LogP contribution in [0.5, 0.6) is 0 Å². The van der Waals surface area contributed by atoms with Gasteiger partial charge in [-0.2, -0.15) is 0 Å². The lowest BCUT2D eigenvalue weighted by Gasteiger charge is -2.14. The number of carbonyl (C=O) groups is 1. The van der Waals surface area contributed by atoms with Crippen molar-refractivity contribution in [1.29, 1.82) is 0 Å². The van der Waals surface area contributed by atoms with Crippen LogP contribution in [-0.4, -0.2) is 23.7 Å². The summed E-state index contributed by atoms with van der Waals surface area (Å²) in [7, 11) is 0. The maximum absolute atomic E-state index is 11.3. The second kappa shape index (κ2) is 7.60. The number of hydrogen-bond acceptors (Lipinski definition) is 2. The molecule has 0 spiro atoms. The number of carboxylic acids is 1. The molecule has 2 rings (SSSR count). The molecular formula is C18H21NO2. The zero-order valence-electron chi connectivity index (χ0n) is 12.3. The van der Waals surface area contributed by atoms with Crippen molar-refractivity contribution in [1.82, 2.24) is 5.32 Å². The Bertz CT molecular complexity index is 581. The summed E-state index contributed by atoms with van der Waals surface area (Å²) in [5, 5.41) is 12.4. The van der Waals surface area contributed by atoms with Gasteiger partial charge >= 0.3 is 5.97 Å². The minimum atomic E-state index is -0.803. The van der Waals surface area contributed by atoms with Gasteiger partial charge in [-0.3, -0.25) is 4.79 Å². The molecule has 0 radical (unpaired) electrons. The zero-order valence-corrected chi connectivity index (χ0v) is 12.3. The minimum absolute atomic E-state index is 0.504. The number of aliphatic carboxylic acids is 1. The number of hydrogen-bond donors (Lipinski definition) is 2. The first-order valence-corrected chi connectivity index (χ1v) is 7.21. The van der Waals surface area contributed by atoms with Crippen LogP contribution >= 0.6 is 0 Å². The van der Waals surface area contributed by atoms with Crippen LogP contribution in [0.4, 0.5) is 0 Å². The van der Waals surface area contributed by atoms with E-state index in [0.717, 1.165) is 12.0 Å². The highest BCUT2D eigenvalue weighted by molar-refractivity contribution is 5.73. The molecule has 0 aliphatic heterocycles. The molecule has 0 bridgehead atoms. The Morgan fingerprint density at radius 2 is 1.81 bits per heavy atom. The Kier molecular flexibility index (Phi) is 5.52. The van der Waals surface area contributed by atoms with Crippen molar-refractivity contribution in [2.45, 2.75) is 25.8 Å². The van der Waals surface area contributed by atoms with E-state index in [0.29, 0.717) is 13.0 Å². The molecule has 3 nitrogen and oxygen atoms in total. The first-order valence-electron chi connectivity index (χ1n) is 7.21. The highest BCUT2D eigenvalue weighted by Gasteiger charge is 2.16. The minimum Gasteiger partial charge on any atom is -0.480 e. The fraction of sp³-hybridized carbons (Fsp3) is 0.278. The van der Waals surface area contributed by atoms with Gasteiger partial charge in [0.05, 0.1) is 0 Å². The number of carboxylic acid groups (broad SMARTS) is 1. The topological polar surface area (TPSA) is 49.3 Å². The summed E-state index contributed by atoms with van der Waals surface area (Å²) in [4.78, 5) is 11.3. The lowest BCUT2D eigenvalue weighted by atomic mass is 10.1. The SMILES string of the molecule is Cc1cccc(CCN[C@H](Cc2ccccc2)C(=O)O)c1. The van der Waals surface area contributed by atoms with E-state index >= 15 is 0 Å². The molecule has 0 saturated heterocycles. The van der Waals surface area contributed by atoms with E-state index in [9.17, 15) is 9.90 Å². The summed E-state index contributed by atoms with van der Waals surface area (Å²) < 4.78 is 0. The lowest BCUT2D eigenvalue weighted by molar-refractivity contribution is -0.139. The first kappa shape index (κ1) is 15.3. The third-order valence-electron chi connectivity index (χ3n) is 3.47. The molecule has 21 heavy (non-hydrogen) atoms. The van der Waals surface area contributed by atoms with Crippen LogP contribution in [0, 0.1) is 6.92 Å². The van der Waals surface area contributed by atoms with Crippen molar-refractivity contribution >= 4 is 5.97 Å². The van der Waals surface area contributed by atoms with Crippen LogP contribution in [0.25, 0.3) is 0 Å². The van der Waals surface area contributed by atoms with Gasteiger partial charge in [0.25, 0.3) is 0 Å². The molecule has 0 saturated carbocycles. The monoisotopic (exact) mass is 283 g/mol. The van der Waals surface area contributed by atoms with E-state index < -0.39 is 12.0 Å². The standard InChI is InChI=1S/C18H21NO2/c1-14-6-5-9-16(12-14)10-11-19-17(18(20)21)13-15-7-3-2-4-8-15/h2-9,12,17,19H,10-11,13H2,1H3,(H,20,21)/t17-/m1/s1. The first-order chi connectivity index (χ1) is 10.1. The Balaban J connectivity index is 1.87. The van der Waals surface area contributed by atoms with Crippen molar-refractivity contribution in [3.8, 4) is 0 Å². The Labute approximate surface area is 125 Å². The van der Waals surface area contributed by atoms with E-state index in [1.165, 1.54) is 11.1 Å². The third-order valence-corrected chi connectivity index (χ3v) is 3.47. The average Bonchev–Trinajstić information content (AvgIpc) is 2.47. The molecule has 0 aliphatic rings. The molecule has 0 heterocycles. The smallest absolute Gasteiger partial charge is 0.321 e. The fourth-order valence-corrected chi connectivity index (χ4v) is 2.35. The third kappa shape index (κ3) is 5.04. The van der Waals surface area contributed by atoms with Crippen LogP contribution in [-0.2, 0) is 17.6 Å². The molecule has 0 unspecified atom stereocenters. The molecule has 110 valence electrons. The quantitative estimate of drug-likeness (QED) is 0.821. The van der Waals surface area contributed by atoms with Gasteiger partial charge in [0.2, 0.25) is 0 Å². The number of benzene rings is 2. The van der Waals surface area contributed by atoms with Crippen molar-refractivity contribution in [2.75, 3.05) is 6.54 Å². The van der Waals surface area contributed by atoms with Crippen molar-refractivity contribution in [2.24, 2.45) is 0 Å². The van der Waals surface area contributed by atoms with Gasteiger partial charge in [0, 0.05) is 0 Å². The summed E-state index contributed by atoms with van der Waals surface area (Å²) in [6.07, 6.45) is 1.34. The van der Waals surface area contributed by atoms with E-state index in [1.807, 2.05) is 36.4 Å². The molecular weight excluding hydrogens is 262 g/mol. The zero-order chi connectivity index (χ0) is 15.1. The van der Waals surface area contributed by atoms with E-state index in [-0.39, 0.29) is 0 Å². The Morgan fingerprint density at radius 3 is 2.48 bits per heavy atom. The van der Waals surface area contributed by atoms with Crippen molar-refractivity contribution in [3.63, 3.8) is 0 Å². The van der Waals surface area contributed by atoms with Gasteiger partial charge in [-0.05, 0) is 37.4 Å². The molecule has 0 aromatic heterocycles. The largest absolute Gasteiger partial charge is 0.480 e. The highest BCUT2D eigenvalue weighted by Crippen LogP contribution is 2.06. The Hall–Kier alpha value is -2.13. The summed E-state index contributed by atoms with van der Waals surface area (Å²) in [5.74, 6) is -0.803. The highest BCUT2D eigenvalue weighted by atomic mass is 16.4. The van der Waals surface area contributed by atoms with E-state index in [2.05, 4.69) is 30.4 Å². The van der Waals surface area contributed by atoms with Gasteiger partial charge in [-0.25, -0.2) is 0 Å². The van der Waals surface area contributed by atoms with Crippen molar-refractivity contribution in [3.05, 3.63) is 71.3 Å². The summed E-state index contributed by atoms with van der Waals surface area (Å²) in [5.41, 5.74) is 3.49. The summed E-state index contributed by atoms with van der Waals surface area (Å²) in [6.45, 7) is 2.72. The second-order valence-electron chi connectivity index (χ2n) is 5.27. The van der Waals surface area contributed by atoms with Gasteiger partial charge in [0.1, 0.15) is 6.04 Å². The molecule has 0 fully saturated rings. The van der Waals surface area contributed by atoms with E-state index in [1.54, 1.807) is 0 Å². The molecule has 3 heteroatoms. The summed E-state index contributed by atoms with van der Waals surface area (Å²) in [6, 6.07) is 17.5. The maximum atomic E-state index is 11.3. The van der Waals surface area contributed by atoms with Crippen LogP contribution in [0.1, 0.15) is 16.7 Å². The fourth-order valence-electron chi connectivity index (χ4n) is 2.35. The predicted octanol–water partition coefficient (Wildman–Crippen LogP) is 2.82. The number of aryl methyl sites for hydroxylation is 1.